The Morgan fingerprint density at radius 1 is 0.682 bits per heavy atom. The molecular formula is C16H6N2S4. The number of thiazole rings is 2. The van der Waals surface area contributed by atoms with E-state index in [4.69, 9.17) is 0 Å². The van der Waals surface area contributed by atoms with Gasteiger partial charge < -0.3 is 0 Å². The summed E-state index contributed by atoms with van der Waals surface area (Å²) in [6.07, 6.45) is 0. The summed E-state index contributed by atoms with van der Waals surface area (Å²) in [6.45, 7) is 0. The van der Waals surface area contributed by atoms with Gasteiger partial charge in [0, 0.05) is 0 Å². The van der Waals surface area contributed by atoms with Crippen molar-refractivity contribution in [2.24, 2.45) is 0 Å². The van der Waals surface area contributed by atoms with Crippen molar-refractivity contribution in [1.29, 1.82) is 0 Å². The lowest BCUT2D eigenvalue weighted by molar-refractivity contribution is 1.46. The van der Waals surface area contributed by atoms with Gasteiger partial charge in [0.2, 0.25) is 0 Å². The summed E-state index contributed by atoms with van der Waals surface area (Å²) in [5, 5.41) is 5.65. The van der Waals surface area contributed by atoms with Gasteiger partial charge in [-0.1, -0.05) is 34.8 Å². The maximum atomic E-state index is 4.52. The number of thiophene rings is 2. The maximum absolute atomic E-state index is 4.52. The summed E-state index contributed by atoms with van der Waals surface area (Å²) in [5.74, 6) is 12.4. The molecule has 0 aliphatic rings. The monoisotopic (exact) mass is 354 g/mol. The van der Waals surface area contributed by atoms with Gasteiger partial charge in [0.25, 0.3) is 0 Å². The van der Waals surface area contributed by atoms with E-state index in [0.717, 1.165) is 29.4 Å². The SMILES string of the molecule is C(#Cc1nc2sc(C#Cc3cccs3)nc2s1)c1cccs1. The Labute approximate surface area is 143 Å². The van der Waals surface area contributed by atoms with Crippen molar-refractivity contribution in [3.05, 3.63) is 54.8 Å². The molecule has 22 heavy (non-hydrogen) atoms. The van der Waals surface area contributed by atoms with Crippen molar-refractivity contribution in [1.82, 2.24) is 9.97 Å². The fourth-order valence-electron chi connectivity index (χ4n) is 1.68. The summed E-state index contributed by atoms with van der Waals surface area (Å²) in [6, 6.07) is 8.00. The van der Waals surface area contributed by atoms with Crippen LogP contribution in [0.5, 0.6) is 0 Å². The van der Waals surface area contributed by atoms with Gasteiger partial charge in [-0.05, 0) is 46.6 Å². The molecule has 0 atom stereocenters. The van der Waals surface area contributed by atoms with Crippen LogP contribution in [0.1, 0.15) is 19.8 Å². The minimum absolute atomic E-state index is 0.805. The van der Waals surface area contributed by atoms with E-state index in [1.807, 2.05) is 35.0 Å². The quantitative estimate of drug-likeness (QED) is 0.429. The van der Waals surface area contributed by atoms with Gasteiger partial charge in [-0.25, -0.2) is 9.97 Å². The third kappa shape index (κ3) is 2.96. The van der Waals surface area contributed by atoms with Crippen molar-refractivity contribution in [3.63, 3.8) is 0 Å². The average Bonchev–Trinajstić information content (AvgIpc) is 3.26. The molecule has 0 fully saturated rings. The smallest absolute Gasteiger partial charge is 0.170 e. The molecule has 4 rings (SSSR count). The van der Waals surface area contributed by atoms with Crippen LogP contribution in [0.25, 0.3) is 9.66 Å². The highest BCUT2D eigenvalue weighted by Gasteiger charge is 2.07. The van der Waals surface area contributed by atoms with Crippen molar-refractivity contribution in [2.75, 3.05) is 0 Å². The summed E-state index contributed by atoms with van der Waals surface area (Å²) in [7, 11) is 0. The minimum Gasteiger partial charge on any atom is -0.215 e. The molecule has 0 saturated heterocycles. The normalized spacial score (nSPS) is 10.0. The molecule has 0 saturated carbocycles. The number of fused-ring (bicyclic) bond motifs is 1. The van der Waals surface area contributed by atoms with Gasteiger partial charge in [0.05, 0.1) is 9.75 Å². The van der Waals surface area contributed by atoms with E-state index in [-0.39, 0.29) is 0 Å². The Hall–Kier alpha value is -1.96. The van der Waals surface area contributed by atoms with E-state index in [1.165, 1.54) is 22.7 Å². The highest BCUT2D eigenvalue weighted by molar-refractivity contribution is 7.26. The van der Waals surface area contributed by atoms with Gasteiger partial charge >= 0.3 is 0 Å². The largest absolute Gasteiger partial charge is 0.215 e. The highest BCUT2D eigenvalue weighted by Crippen LogP contribution is 2.26. The molecule has 0 aliphatic carbocycles. The van der Waals surface area contributed by atoms with Crippen molar-refractivity contribution >= 4 is 55.0 Å². The molecule has 0 aromatic carbocycles. The lowest BCUT2D eigenvalue weighted by Crippen LogP contribution is -1.70. The molecule has 4 aromatic rings. The molecule has 104 valence electrons. The maximum Gasteiger partial charge on any atom is 0.170 e. The van der Waals surface area contributed by atoms with Crippen LogP contribution < -0.4 is 0 Å². The first-order valence-electron chi connectivity index (χ1n) is 6.25. The van der Waals surface area contributed by atoms with Crippen LogP contribution in [0.4, 0.5) is 0 Å². The third-order valence-corrected chi connectivity index (χ3v) is 6.03. The summed E-state index contributed by atoms with van der Waals surface area (Å²) in [4.78, 5) is 13.0. The first kappa shape index (κ1) is 13.7. The van der Waals surface area contributed by atoms with Crippen molar-refractivity contribution in [3.8, 4) is 23.7 Å². The van der Waals surface area contributed by atoms with E-state index in [2.05, 4.69) is 33.6 Å². The standard InChI is InChI=1S/C16H6N2S4/c1-3-11(19-9-1)5-7-13-17-15-16(21-13)18-14(22-15)8-6-12-4-2-10-20-12/h1-4,9-10H. The van der Waals surface area contributed by atoms with Crippen LogP contribution in [0.2, 0.25) is 0 Å². The average molecular weight is 355 g/mol. The first-order chi connectivity index (χ1) is 10.9. The van der Waals surface area contributed by atoms with Gasteiger partial charge in [-0.2, -0.15) is 0 Å². The summed E-state index contributed by atoms with van der Waals surface area (Å²) < 4.78 is 0. The van der Waals surface area contributed by atoms with Gasteiger partial charge in [-0.15, -0.1) is 22.7 Å². The van der Waals surface area contributed by atoms with Crippen LogP contribution >= 0.6 is 45.3 Å². The van der Waals surface area contributed by atoms with Crippen LogP contribution in [0, 0.1) is 23.7 Å². The molecule has 4 aromatic heterocycles. The lowest BCUT2D eigenvalue weighted by atomic mass is 10.4. The summed E-state index contributed by atoms with van der Waals surface area (Å²) in [5.41, 5.74) is 0. The van der Waals surface area contributed by atoms with E-state index in [9.17, 15) is 0 Å². The minimum atomic E-state index is 0.805. The molecule has 0 spiro atoms. The number of hydrogen-bond donors (Lipinski definition) is 0. The highest BCUT2D eigenvalue weighted by atomic mass is 32.1. The molecule has 0 bridgehead atoms. The number of rotatable bonds is 0. The fraction of sp³-hybridized carbons (Fsp3) is 0. The van der Waals surface area contributed by atoms with Crippen molar-refractivity contribution in [2.45, 2.75) is 0 Å². The Bertz CT molecular complexity index is 916. The van der Waals surface area contributed by atoms with Gasteiger partial charge in [0.1, 0.15) is 0 Å². The number of hydrogen-bond acceptors (Lipinski definition) is 6. The molecule has 0 N–H and O–H groups in total. The second-order valence-electron chi connectivity index (χ2n) is 4.10. The molecule has 0 aliphatic heterocycles. The predicted octanol–water partition coefficient (Wildman–Crippen LogP) is 4.68. The van der Waals surface area contributed by atoms with E-state index in [1.54, 1.807) is 22.7 Å². The van der Waals surface area contributed by atoms with E-state index in [0.29, 0.717) is 0 Å². The Morgan fingerprint density at radius 3 is 1.59 bits per heavy atom. The van der Waals surface area contributed by atoms with E-state index >= 15 is 0 Å². The lowest BCUT2D eigenvalue weighted by Gasteiger charge is -1.78. The van der Waals surface area contributed by atoms with Crippen LogP contribution in [0.3, 0.4) is 0 Å². The zero-order valence-corrected chi connectivity index (χ0v) is 14.3. The topological polar surface area (TPSA) is 25.8 Å². The zero-order valence-electron chi connectivity index (χ0n) is 11.0. The molecule has 2 nitrogen and oxygen atoms in total. The molecule has 6 heteroatoms. The molecule has 0 radical (unpaired) electrons. The molecule has 0 amide bonds. The van der Waals surface area contributed by atoms with Crippen LogP contribution in [-0.4, -0.2) is 9.97 Å². The molecular weight excluding hydrogens is 348 g/mol. The van der Waals surface area contributed by atoms with E-state index < -0.39 is 0 Å². The van der Waals surface area contributed by atoms with Crippen LogP contribution in [-0.2, 0) is 0 Å². The fourth-order valence-corrected chi connectivity index (χ4v) is 4.57. The number of aromatic nitrogens is 2. The first-order valence-corrected chi connectivity index (χ1v) is 9.64. The summed E-state index contributed by atoms with van der Waals surface area (Å²) >= 11 is 6.30. The molecule has 4 heterocycles. The Balaban J connectivity index is 1.60. The predicted molar refractivity (Wildman–Crippen MR) is 95.9 cm³/mol. The Morgan fingerprint density at radius 2 is 1.18 bits per heavy atom. The Kier molecular flexibility index (Phi) is 3.75. The van der Waals surface area contributed by atoms with Gasteiger partial charge in [-0.3, -0.25) is 0 Å². The number of nitrogens with zero attached hydrogens (tertiary/aromatic N) is 2. The molecule has 0 unspecified atom stereocenters. The van der Waals surface area contributed by atoms with Crippen LogP contribution in [0.15, 0.2) is 35.0 Å². The second kappa shape index (κ2) is 6.04. The van der Waals surface area contributed by atoms with Gasteiger partial charge in [0.15, 0.2) is 19.7 Å². The second-order valence-corrected chi connectivity index (χ2v) is 7.95. The zero-order chi connectivity index (χ0) is 14.8. The van der Waals surface area contributed by atoms with Crippen molar-refractivity contribution < 1.29 is 0 Å². The third-order valence-electron chi connectivity index (χ3n) is 2.60.